The maximum atomic E-state index is 12.5. The van der Waals surface area contributed by atoms with Crippen LogP contribution in [0.5, 0.6) is 0 Å². The van der Waals surface area contributed by atoms with Gasteiger partial charge >= 0.3 is 11.6 Å². The van der Waals surface area contributed by atoms with Gasteiger partial charge in [-0.1, -0.05) is 18.2 Å². The zero-order chi connectivity index (χ0) is 18.1. The first-order valence-corrected chi connectivity index (χ1v) is 9.61. The van der Waals surface area contributed by atoms with Gasteiger partial charge in [0.05, 0.1) is 26.2 Å². The molecule has 4 rings (SSSR count). The van der Waals surface area contributed by atoms with E-state index in [2.05, 4.69) is 7.05 Å². The highest BCUT2D eigenvalue weighted by Crippen LogP contribution is 2.36. The Morgan fingerprint density at radius 2 is 2.00 bits per heavy atom. The maximum Gasteiger partial charge on any atom is 0.351 e. The van der Waals surface area contributed by atoms with Gasteiger partial charge in [-0.05, 0) is 37.8 Å². The summed E-state index contributed by atoms with van der Waals surface area (Å²) in [5.74, 6) is -0.189. The second kappa shape index (κ2) is 6.88. The number of carbonyl (C=O) groups excluding carboxylic acids is 1. The molecule has 5 nitrogen and oxygen atoms in total. The van der Waals surface area contributed by atoms with Crippen LogP contribution >= 0.6 is 0 Å². The van der Waals surface area contributed by atoms with Crippen molar-refractivity contribution >= 4 is 16.9 Å². The van der Waals surface area contributed by atoms with Gasteiger partial charge in [-0.25, -0.2) is 9.59 Å². The number of para-hydroxylation sites is 1. The van der Waals surface area contributed by atoms with Gasteiger partial charge in [0.15, 0.2) is 0 Å². The Kier molecular flexibility index (Phi) is 4.57. The molecule has 0 N–H and O–H groups in total. The van der Waals surface area contributed by atoms with Crippen LogP contribution in [0.3, 0.4) is 0 Å². The smallest absolute Gasteiger partial charge is 0.351 e. The molecular weight excluding hydrogens is 330 g/mol. The van der Waals surface area contributed by atoms with E-state index >= 15 is 0 Å². The molecule has 2 aromatic rings. The Hall–Kier alpha value is -2.14. The lowest BCUT2D eigenvalue weighted by Gasteiger charge is -2.51. The van der Waals surface area contributed by atoms with Gasteiger partial charge in [0.2, 0.25) is 0 Å². The number of ether oxygens (including phenoxy) is 1. The molecule has 138 valence electrons. The molecule has 0 amide bonds. The van der Waals surface area contributed by atoms with Crippen LogP contribution in [0, 0.1) is 5.92 Å². The summed E-state index contributed by atoms with van der Waals surface area (Å²) in [5.41, 5.74) is -0.160. The molecule has 0 spiro atoms. The predicted molar refractivity (Wildman–Crippen MR) is 99.0 cm³/mol. The van der Waals surface area contributed by atoms with Gasteiger partial charge in [-0.3, -0.25) is 0 Å². The number of esters is 1. The van der Waals surface area contributed by atoms with Crippen molar-refractivity contribution in [2.24, 2.45) is 5.92 Å². The Morgan fingerprint density at radius 3 is 2.88 bits per heavy atom. The summed E-state index contributed by atoms with van der Waals surface area (Å²) in [5, 5.41) is 0.730. The van der Waals surface area contributed by atoms with Crippen molar-refractivity contribution in [2.75, 3.05) is 26.7 Å². The minimum absolute atomic E-state index is 0.0135. The molecule has 3 atom stereocenters. The van der Waals surface area contributed by atoms with E-state index < -0.39 is 11.6 Å². The van der Waals surface area contributed by atoms with E-state index in [1.54, 1.807) is 18.2 Å². The van der Waals surface area contributed by atoms with Gasteiger partial charge < -0.3 is 13.6 Å². The van der Waals surface area contributed by atoms with Crippen LogP contribution in [0.4, 0.5) is 0 Å². The first kappa shape index (κ1) is 17.3. The van der Waals surface area contributed by atoms with Crippen molar-refractivity contribution in [1.29, 1.82) is 0 Å². The molecule has 0 aliphatic carbocycles. The molecule has 2 aliphatic heterocycles. The molecule has 5 heteroatoms. The summed E-state index contributed by atoms with van der Waals surface area (Å²) < 4.78 is 11.9. The topological polar surface area (TPSA) is 56.5 Å². The Labute approximate surface area is 153 Å². The molecule has 2 fully saturated rings. The highest BCUT2D eigenvalue weighted by Gasteiger charge is 2.43. The van der Waals surface area contributed by atoms with E-state index in [-0.39, 0.29) is 5.56 Å². The summed E-state index contributed by atoms with van der Waals surface area (Å²) in [6.45, 7) is 2.84. The fourth-order valence-electron chi connectivity index (χ4n) is 4.89. The second-order valence-corrected chi connectivity index (χ2v) is 7.98. The van der Waals surface area contributed by atoms with Crippen LogP contribution in [-0.2, 0) is 4.74 Å². The number of hydrogen-bond acceptors (Lipinski definition) is 4. The monoisotopic (exact) mass is 356 g/mol. The van der Waals surface area contributed by atoms with Crippen LogP contribution in [-0.4, -0.2) is 43.2 Å². The number of piperidine rings is 2. The highest BCUT2D eigenvalue weighted by molar-refractivity contribution is 5.92. The summed E-state index contributed by atoms with van der Waals surface area (Å²) in [7, 11) is 2.34. The second-order valence-electron chi connectivity index (χ2n) is 7.98. The minimum atomic E-state index is -0.629. The molecule has 3 heterocycles. The van der Waals surface area contributed by atoms with Crippen molar-refractivity contribution in [3.63, 3.8) is 0 Å². The Morgan fingerprint density at radius 1 is 1.19 bits per heavy atom. The van der Waals surface area contributed by atoms with Gasteiger partial charge in [-0.15, -0.1) is 0 Å². The van der Waals surface area contributed by atoms with Gasteiger partial charge in [-0.2, -0.15) is 0 Å². The quantitative estimate of drug-likeness (QED) is 0.481. The average molecular weight is 356 g/mol. The number of benzene rings is 1. The van der Waals surface area contributed by atoms with Crippen molar-refractivity contribution in [3.05, 3.63) is 46.3 Å². The Balaban J connectivity index is 1.48. The maximum absolute atomic E-state index is 12.5. The van der Waals surface area contributed by atoms with E-state index in [1.165, 1.54) is 38.8 Å². The van der Waals surface area contributed by atoms with Crippen LogP contribution < -0.4 is 5.63 Å². The molecule has 26 heavy (non-hydrogen) atoms. The van der Waals surface area contributed by atoms with Gasteiger partial charge in [0.25, 0.3) is 0 Å². The van der Waals surface area contributed by atoms with E-state index in [9.17, 15) is 9.59 Å². The molecule has 2 saturated heterocycles. The number of carbonyl (C=O) groups is 1. The van der Waals surface area contributed by atoms with Crippen molar-refractivity contribution in [2.45, 2.75) is 38.1 Å². The molecule has 0 bridgehead atoms. The van der Waals surface area contributed by atoms with Gasteiger partial charge in [0, 0.05) is 17.7 Å². The number of quaternary nitrogens is 1. The van der Waals surface area contributed by atoms with E-state index in [4.69, 9.17) is 9.15 Å². The lowest BCUT2D eigenvalue weighted by Crippen LogP contribution is -2.61. The fourth-order valence-corrected chi connectivity index (χ4v) is 4.89. The van der Waals surface area contributed by atoms with Crippen LogP contribution in [0.2, 0.25) is 0 Å². The van der Waals surface area contributed by atoms with Crippen LogP contribution in [0.25, 0.3) is 11.0 Å². The standard InChI is InChI=1S/C21H26NO4/c1-22-11-5-4-9-18(22)16(8-6-12-22)14-25-20(23)17-13-15-7-2-3-10-19(15)26-21(17)24/h2-3,7,10,13,16,18H,4-6,8-9,11-12,14H2,1H3/q+1/t16-,18+,22+/m1/s1. The zero-order valence-electron chi connectivity index (χ0n) is 15.3. The number of fused-ring (bicyclic) bond motifs is 2. The fraction of sp³-hybridized carbons (Fsp3) is 0.524. The zero-order valence-corrected chi connectivity index (χ0v) is 15.3. The lowest BCUT2D eigenvalue weighted by atomic mass is 9.82. The Bertz CT molecular complexity index is 870. The molecule has 1 aromatic carbocycles. The first-order valence-electron chi connectivity index (χ1n) is 9.61. The first-order chi connectivity index (χ1) is 12.6. The molecular formula is C21H26NO4+. The number of nitrogens with zero attached hydrogens (tertiary/aromatic N) is 1. The average Bonchev–Trinajstić information content (AvgIpc) is 2.64. The third kappa shape index (κ3) is 3.16. The summed E-state index contributed by atoms with van der Waals surface area (Å²) in [6, 6.07) is 9.33. The molecule has 1 aromatic heterocycles. The van der Waals surface area contributed by atoms with Crippen molar-refractivity contribution in [3.8, 4) is 0 Å². The normalized spacial score (nSPS) is 28.5. The largest absolute Gasteiger partial charge is 0.461 e. The predicted octanol–water partition coefficient (Wildman–Crippen LogP) is 3.36. The van der Waals surface area contributed by atoms with Crippen molar-refractivity contribution < 1.29 is 18.4 Å². The summed E-state index contributed by atoms with van der Waals surface area (Å²) >= 11 is 0. The molecule has 0 unspecified atom stereocenters. The number of hydrogen-bond donors (Lipinski definition) is 0. The third-order valence-corrected chi connectivity index (χ3v) is 6.30. The van der Waals surface area contributed by atoms with Crippen LogP contribution in [0.15, 0.2) is 39.5 Å². The SMILES string of the molecule is C[N@@+]12CCCC[C@H]1[C@@H](COC(=O)c1cc3ccccc3oc1=O)CCC2. The highest BCUT2D eigenvalue weighted by atomic mass is 16.5. The minimum Gasteiger partial charge on any atom is -0.461 e. The lowest BCUT2D eigenvalue weighted by molar-refractivity contribution is -0.947. The summed E-state index contributed by atoms with van der Waals surface area (Å²) in [4.78, 5) is 24.6. The van der Waals surface area contributed by atoms with Crippen molar-refractivity contribution in [1.82, 2.24) is 0 Å². The molecule has 0 saturated carbocycles. The summed E-state index contributed by atoms with van der Waals surface area (Å²) in [6.07, 6.45) is 6.02. The van der Waals surface area contributed by atoms with E-state index in [1.807, 2.05) is 12.1 Å². The van der Waals surface area contributed by atoms with E-state index in [0.717, 1.165) is 16.3 Å². The molecule has 0 radical (unpaired) electrons. The van der Waals surface area contributed by atoms with Gasteiger partial charge in [0.1, 0.15) is 17.8 Å². The molecule has 2 aliphatic rings. The van der Waals surface area contributed by atoms with Crippen LogP contribution in [0.1, 0.15) is 42.5 Å². The number of rotatable bonds is 3. The third-order valence-electron chi connectivity index (χ3n) is 6.30. The van der Waals surface area contributed by atoms with E-state index in [0.29, 0.717) is 24.1 Å².